The second kappa shape index (κ2) is 8.34. The summed E-state index contributed by atoms with van der Waals surface area (Å²) < 4.78 is 10.8. The van der Waals surface area contributed by atoms with Crippen molar-refractivity contribution in [2.24, 2.45) is 5.92 Å². The van der Waals surface area contributed by atoms with Crippen molar-refractivity contribution in [1.29, 1.82) is 0 Å². The molecule has 3 heterocycles. The smallest absolute Gasteiger partial charge is 0.231 e. The Kier molecular flexibility index (Phi) is 5.66. The molecule has 4 rings (SSSR count). The fraction of sp³-hybridized carbons (Fsp3) is 0.400. The maximum Gasteiger partial charge on any atom is 0.231 e. The number of ether oxygens (including phenoxy) is 2. The summed E-state index contributed by atoms with van der Waals surface area (Å²) in [5.74, 6) is 0.689. The molecule has 0 saturated carbocycles. The molecule has 0 unspecified atom stereocenters. The highest BCUT2D eigenvalue weighted by molar-refractivity contribution is 6.31. The Labute approximate surface area is 168 Å². The number of amides is 1. The third-order valence-corrected chi connectivity index (χ3v) is 5.47. The number of aliphatic hydroxyl groups is 1. The lowest BCUT2D eigenvalue weighted by atomic mass is 9.93. The Bertz CT molecular complexity index is 849. The summed E-state index contributed by atoms with van der Waals surface area (Å²) in [6, 6.07) is 7.37. The molecular weight excluding hydrogens is 382 g/mol. The Hall–Kier alpha value is -2.35. The zero-order valence-corrected chi connectivity index (χ0v) is 16.1. The van der Waals surface area contributed by atoms with E-state index in [1.165, 1.54) is 0 Å². The molecule has 2 aliphatic rings. The van der Waals surface area contributed by atoms with E-state index in [1.807, 2.05) is 18.2 Å². The highest BCUT2D eigenvalue weighted by Crippen LogP contribution is 2.37. The summed E-state index contributed by atoms with van der Waals surface area (Å²) >= 11 is 6.38. The van der Waals surface area contributed by atoms with Crippen LogP contribution in [0.15, 0.2) is 36.7 Å². The first-order chi connectivity index (χ1) is 13.6. The van der Waals surface area contributed by atoms with Crippen molar-refractivity contribution in [2.75, 3.05) is 19.9 Å². The van der Waals surface area contributed by atoms with Crippen LogP contribution in [0.5, 0.6) is 11.5 Å². The second-order valence-electron chi connectivity index (χ2n) is 7.07. The Morgan fingerprint density at radius 2 is 2.18 bits per heavy atom. The zero-order valence-electron chi connectivity index (χ0n) is 15.3. The van der Waals surface area contributed by atoms with Crippen LogP contribution in [0, 0.1) is 5.92 Å². The van der Waals surface area contributed by atoms with Crippen molar-refractivity contribution in [3.63, 3.8) is 0 Å². The molecule has 0 aliphatic carbocycles. The maximum atomic E-state index is 12.6. The summed E-state index contributed by atoms with van der Waals surface area (Å²) in [5, 5.41) is 13.8. The van der Waals surface area contributed by atoms with Gasteiger partial charge in [0.2, 0.25) is 12.7 Å². The van der Waals surface area contributed by atoms with Gasteiger partial charge in [0, 0.05) is 49.7 Å². The van der Waals surface area contributed by atoms with Crippen LogP contribution in [0.1, 0.15) is 17.5 Å². The third kappa shape index (κ3) is 4.22. The molecule has 1 amide bonds. The number of carbonyl (C=O) groups is 1. The molecule has 2 aliphatic heterocycles. The van der Waals surface area contributed by atoms with Gasteiger partial charge in [-0.1, -0.05) is 17.7 Å². The zero-order chi connectivity index (χ0) is 19.5. The van der Waals surface area contributed by atoms with E-state index in [2.05, 4.69) is 15.2 Å². The fourth-order valence-electron chi connectivity index (χ4n) is 3.55. The van der Waals surface area contributed by atoms with Gasteiger partial charge in [0.25, 0.3) is 0 Å². The number of rotatable bonds is 5. The van der Waals surface area contributed by atoms with Gasteiger partial charge in [-0.15, -0.1) is 0 Å². The van der Waals surface area contributed by atoms with E-state index in [-0.39, 0.29) is 12.7 Å². The van der Waals surface area contributed by atoms with Gasteiger partial charge in [0.05, 0.1) is 12.0 Å². The molecule has 1 saturated heterocycles. The topological polar surface area (TPSA) is 83.9 Å². The van der Waals surface area contributed by atoms with E-state index in [4.69, 9.17) is 21.1 Å². The van der Waals surface area contributed by atoms with Gasteiger partial charge in [-0.3, -0.25) is 14.7 Å². The third-order valence-electron chi connectivity index (χ3n) is 5.12. The van der Waals surface area contributed by atoms with Crippen LogP contribution in [0.2, 0.25) is 5.02 Å². The molecule has 0 bridgehead atoms. The van der Waals surface area contributed by atoms with Crippen molar-refractivity contribution < 1.29 is 19.4 Å². The van der Waals surface area contributed by atoms with E-state index in [0.29, 0.717) is 49.1 Å². The number of piperidine rings is 1. The van der Waals surface area contributed by atoms with Crippen LogP contribution in [0.25, 0.3) is 0 Å². The number of hydrogen-bond donors (Lipinski definition) is 2. The quantitative estimate of drug-likeness (QED) is 0.794. The predicted octanol–water partition coefficient (Wildman–Crippen LogP) is 1.96. The van der Waals surface area contributed by atoms with Crippen LogP contribution in [0.4, 0.5) is 0 Å². The molecule has 8 heteroatoms. The number of aliphatic hydroxyl groups excluding tert-OH is 1. The number of nitrogens with zero attached hydrogens (tertiary/aromatic N) is 2. The Morgan fingerprint density at radius 3 is 2.96 bits per heavy atom. The van der Waals surface area contributed by atoms with Gasteiger partial charge >= 0.3 is 0 Å². The van der Waals surface area contributed by atoms with E-state index < -0.39 is 12.0 Å². The first-order valence-electron chi connectivity index (χ1n) is 9.25. The minimum Gasteiger partial charge on any atom is -0.454 e. The second-order valence-corrected chi connectivity index (χ2v) is 7.48. The summed E-state index contributed by atoms with van der Waals surface area (Å²) in [4.78, 5) is 18.8. The van der Waals surface area contributed by atoms with Crippen molar-refractivity contribution in [3.05, 3.63) is 52.8 Å². The maximum absolute atomic E-state index is 12.6. The van der Waals surface area contributed by atoms with Gasteiger partial charge in [-0.2, -0.15) is 0 Å². The van der Waals surface area contributed by atoms with Crippen molar-refractivity contribution >= 4 is 17.5 Å². The van der Waals surface area contributed by atoms with Crippen LogP contribution in [-0.4, -0.2) is 46.9 Å². The van der Waals surface area contributed by atoms with Crippen LogP contribution >= 0.6 is 11.6 Å². The van der Waals surface area contributed by atoms with Crippen molar-refractivity contribution in [2.45, 2.75) is 25.6 Å². The van der Waals surface area contributed by atoms with Crippen LogP contribution in [0.3, 0.4) is 0 Å². The van der Waals surface area contributed by atoms with Crippen molar-refractivity contribution in [3.8, 4) is 11.5 Å². The lowest BCUT2D eigenvalue weighted by Crippen LogP contribution is -2.49. The van der Waals surface area contributed by atoms with Gasteiger partial charge < -0.3 is 19.9 Å². The summed E-state index contributed by atoms with van der Waals surface area (Å²) in [7, 11) is 0. The first kappa shape index (κ1) is 19.0. The number of nitrogens with one attached hydrogen (secondary N) is 1. The van der Waals surface area contributed by atoms with Crippen LogP contribution in [-0.2, 0) is 17.9 Å². The SMILES string of the molecule is O=C(NCc1cccnc1)[C@H]1CN(Cc2cc3c(cc2Cl)OCO3)CC[C@H]1O. The Morgan fingerprint density at radius 1 is 1.36 bits per heavy atom. The number of halogens is 1. The minimum atomic E-state index is -0.655. The molecule has 2 atom stereocenters. The molecule has 1 fully saturated rings. The van der Waals surface area contributed by atoms with Gasteiger partial charge in [0.1, 0.15) is 0 Å². The lowest BCUT2D eigenvalue weighted by molar-refractivity contribution is -0.131. The Balaban J connectivity index is 1.38. The number of pyridine rings is 1. The van der Waals surface area contributed by atoms with E-state index in [1.54, 1.807) is 18.5 Å². The number of likely N-dealkylation sites (tertiary alicyclic amines) is 1. The summed E-state index contributed by atoms with van der Waals surface area (Å²) in [6.07, 6.45) is 3.28. The van der Waals surface area contributed by atoms with E-state index >= 15 is 0 Å². The highest BCUT2D eigenvalue weighted by Gasteiger charge is 2.33. The van der Waals surface area contributed by atoms with E-state index in [0.717, 1.165) is 11.1 Å². The molecule has 1 aromatic heterocycles. The monoisotopic (exact) mass is 403 g/mol. The molecule has 2 aromatic rings. The standard InChI is InChI=1S/C20H22ClN3O4/c21-16-7-19-18(27-12-28-19)6-14(16)10-24-5-3-17(25)15(11-24)20(26)23-9-13-2-1-4-22-8-13/h1-2,4,6-8,15,17,25H,3,5,9-12H2,(H,23,26)/t15-,17+/m0/s1. The number of fused-ring (bicyclic) bond motifs is 1. The lowest BCUT2D eigenvalue weighted by Gasteiger charge is -2.35. The minimum absolute atomic E-state index is 0.155. The molecule has 0 radical (unpaired) electrons. The number of carbonyl (C=O) groups excluding carboxylic acids is 1. The highest BCUT2D eigenvalue weighted by atomic mass is 35.5. The average Bonchev–Trinajstić information content (AvgIpc) is 3.15. The molecular formula is C20H22ClN3O4. The average molecular weight is 404 g/mol. The van der Waals surface area contributed by atoms with E-state index in [9.17, 15) is 9.90 Å². The number of benzene rings is 1. The largest absolute Gasteiger partial charge is 0.454 e. The molecule has 2 N–H and O–H groups in total. The van der Waals surface area contributed by atoms with Crippen molar-refractivity contribution in [1.82, 2.24) is 15.2 Å². The summed E-state index contributed by atoms with van der Waals surface area (Å²) in [5.41, 5.74) is 1.84. The summed E-state index contributed by atoms with van der Waals surface area (Å²) in [6.45, 7) is 2.33. The fourth-order valence-corrected chi connectivity index (χ4v) is 3.77. The predicted molar refractivity (Wildman–Crippen MR) is 103 cm³/mol. The van der Waals surface area contributed by atoms with Gasteiger partial charge in [-0.05, 0) is 29.7 Å². The molecule has 148 valence electrons. The van der Waals surface area contributed by atoms with Gasteiger partial charge in [0.15, 0.2) is 11.5 Å². The van der Waals surface area contributed by atoms with Crippen LogP contribution < -0.4 is 14.8 Å². The normalized spacial score (nSPS) is 21.5. The number of aromatic nitrogens is 1. The van der Waals surface area contributed by atoms with Gasteiger partial charge in [-0.25, -0.2) is 0 Å². The molecule has 1 aromatic carbocycles. The molecule has 0 spiro atoms. The molecule has 7 nitrogen and oxygen atoms in total. The number of hydrogen-bond acceptors (Lipinski definition) is 6. The first-order valence-corrected chi connectivity index (χ1v) is 9.63. The molecule has 28 heavy (non-hydrogen) atoms.